The maximum absolute atomic E-state index is 6.34. The van der Waals surface area contributed by atoms with Crippen molar-refractivity contribution in [3.05, 3.63) is 126 Å². The molecule has 0 saturated heterocycles. The zero-order valence-corrected chi connectivity index (χ0v) is 21.0. The van der Waals surface area contributed by atoms with Gasteiger partial charge in [-0.15, -0.1) is 0 Å². The third kappa shape index (κ3) is 5.67. The van der Waals surface area contributed by atoms with Crippen molar-refractivity contribution in [1.82, 2.24) is 4.98 Å². The Morgan fingerprint density at radius 3 is 1.92 bits per heavy atom. The molecule has 0 saturated carbocycles. The summed E-state index contributed by atoms with van der Waals surface area (Å²) in [6.45, 7) is 0.895. The van der Waals surface area contributed by atoms with Crippen LogP contribution in [-0.2, 0) is 19.6 Å². The Bertz CT molecular complexity index is 1470. The van der Waals surface area contributed by atoms with Crippen LogP contribution in [0.15, 0.2) is 103 Å². The normalized spacial score (nSPS) is 10.8. The number of hydrogen-bond acceptors (Lipinski definition) is 5. The molecule has 0 spiro atoms. The minimum atomic E-state index is 0.435. The van der Waals surface area contributed by atoms with Crippen molar-refractivity contribution in [3.63, 3.8) is 0 Å². The highest BCUT2D eigenvalue weighted by molar-refractivity contribution is 5.92. The molecular formula is C32H29NO4. The van der Waals surface area contributed by atoms with Crippen molar-refractivity contribution in [2.24, 2.45) is 0 Å². The molecule has 0 N–H and O–H groups in total. The number of hydrogen-bond donors (Lipinski definition) is 0. The van der Waals surface area contributed by atoms with Crippen LogP contribution in [-0.4, -0.2) is 19.2 Å². The average molecular weight is 492 g/mol. The van der Waals surface area contributed by atoms with Gasteiger partial charge in [-0.3, -0.25) is 4.98 Å². The second-order valence-electron chi connectivity index (χ2n) is 8.66. The summed E-state index contributed by atoms with van der Waals surface area (Å²) >= 11 is 0. The molecule has 0 aliphatic heterocycles. The molecule has 0 aliphatic carbocycles. The SMILES string of the molecule is COc1ccc(Cc2nccc3ccc(OC)c(OCc4ccccc4)c23)cc1OCc1ccccc1. The van der Waals surface area contributed by atoms with E-state index in [-0.39, 0.29) is 0 Å². The van der Waals surface area contributed by atoms with Crippen LogP contribution < -0.4 is 18.9 Å². The Balaban J connectivity index is 1.47. The highest BCUT2D eigenvalue weighted by Gasteiger charge is 2.16. The second kappa shape index (κ2) is 11.5. The number of benzene rings is 4. The molecule has 1 aromatic heterocycles. The smallest absolute Gasteiger partial charge is 0.171 e. The summed E-state index contributed by atoms with van der Waals surface area (Å²) < 4.78 is 23.7. The van der Waals surface area contributed by atoms with Gasteiger partial charge in [0.2, 0.25) is 0 Å². The first kappa shape index (κ1) is 24.2. The fraction of sp³-hybridized carbons (Fsp3) is 0.156. The number of fused-ring (bicyclic) bond motifs is 1. The van der Waals surface area contributed by atoms with E-state index in [0.717, 1.165) is 33.2 Å². The van der Waals surface area contributed by atoms with Gasteiger partial charge in [0.15, 0.2) is 23.0 Å². The van der Waals surface area contributed by atoms with Crippen molar-refractivity contribution in [2.45, 2.75) is 19.6 Å². The molecule has 0 fully saturated rings. The molecule has 5 heteroatoms. The maximum Gasteiger partial charge on any atom is 0.171 e. The molecule has 5 aromatic rings. The molecule has 37 heavy (non-hydrogen) atoms. The minimum Gasteiger partial charge on any atom is -0.493 e. The lowest BCUT2D eigenvalue weighted by atomic mass is 10.0. The summed E-state index contributed by atoms with van der Waals surface area (Å²) in [6, 6.07) is 32.2. The highest BCUT2D eigenvalue weighted by atomic mass is 16.5. The molecule has 186 valence electrons. The predicted octanol–water partition coefficient (Wildman–Crippen LogP) is 7.00. The van der Waals surface area contributed by atoms with E-state index in [9.17, 15) is 0 Å². The third-order valence-corrected chi connectivity index (χ3v) is 6.21. The van der Waals surface area contributed by atoms with Crippen LogP contribution in [0.25, 0.3) is 10.8 Å². The van der Waals surface area contributed by atoms with E-state index in [1.54, 1.807) is 14.2 Å². The van der Waals surface area contributed by atoms with Crippen molar-refractivity contribution in [1.29, 1.82) is 0 Å². The van der Waals surface area contributed by atoms with Gasteiger partial charge in [0, 0.05) is 18.0 Å². The standard InChI is InChI=1S/C32H29NO4/c1-34-28-15-13-25(20-30(28)36-21-23-9-5-3-6-10-23)19-27-31-26(17-18-33-27)14-16-29(35-2)32(31)37-22-24-11-7-4-8-12-24/h3-18,20H,19,21-22H2,1-2H3. The van der Waals surface area contributed by atoms with Crippen LogP contribution >= 0.6 is 0 Å². The van der Waals surface area contributed by atoms with E-state index in [0.29, 0.717) is 42.6 Å². The lowest BCUT2D eigenvalue weighted by Gasteiger charge is -2.16. The fourth-order valence-corrected chi connectivity index (χ4v) is 4.33. The molecule has 0 bridgehead atoms. The van der Waals surface area contributed by atoms with E-state index in [1.807, 2.05) is 103 Å². The molecule has 1 heterocycles. The number of aromatic nitrogens is 1. The molecule has 5 rings (SSSR count). The van der Waals surface area contributed by atoms with Gasteiger partial charge in [0.05, 0.1) is 19.9 Å². The predicted molar refractivity (Wildman–Crippen MR) is 146 cm³/mol. The summed E-state index contributed by atoms with van der Waals surface area (Å²) in [7, 11) is 3.31. The second-order valence-corrected chi connectivity index (χ2v) is 8.66. The monoisotopic (exact) mass is 491 g/mol. The largest absolute Gasteiger partial charge is 0.493 e. The first-order chi connectivity index (χ1) is 18.2. The summed E-state index contributed by atoms with van der Waals surface area (Å²) in [5.74, 6) is 2.77. The molecular weight excluding hydrogens is 462 g/mol. The molecule has 4 aromatic carbocycles. The molecule has 0 amide bonds. The summed E-state index contributed by atoms with van der Waals surface area (Å²) in [5, 5.41) is 1.99. The number of methoxy groups -OCH3 is 2. The fourth-order valence-electron chi connectivity index (χ4n) is 4.33. The lowest BCUT2D eigenvalue weighted by Crippen LogP contribution is -2.02. The Morgan fingerprint density at radius 2 is 1.24 bits per heavy atom. The van der Waals surface area contributed by atoms with E-state index >= 15 is 0 Å². The van der Waals surface area contributed by atoms with E-state index in [2.05, 4.69) is 0 Å². The molecule has 0 radical (unpaired) electrons. The zero-order chi connectivity index (χ0) is 25.5. The number of rotatable bonds is 10. The number of pyridine rings is 1. The third-order valence-electron chi connectivity index (χ3n) is 6.21. The van der Waals surface area contributed by atoms with Crippen LogP contribution in [0.2, 0.25) is 0 Å². The maximum atomic E-state index is 6.34. The van der Waals surface area contributed by atoms with Gasteiger partial charge < -0.3 is 18.9 Å². The van der Waals surface area contributed by atoms with Crippen LogP contribution in [0.5, 0.6) is 23.0 Å². The Labute approximate surface area is 217 Å². The Morgan fingerprint density at radius 1 is 0.595 bits per heavy atom. The summed E-state index contributed by atoms with van der Waals surface area (Å²) in [4.78, 5) is 4.75. The van der Waals surface area contributed by atoms with Crippen LogP contribution in [0.4, 0.5) is 0 Å². The van der Waals surface area contributed by atoms with Crippen molar-refractivity contribution in [3.8, 4) is 23.0 Å². The average Bonchev–Trinajstić information content (AvgIpc) is 2.96. The minimum absolute atomic E-state index is 0.435. The molecule has 0 atom stereocenters. The first-order valence-electron chi connectivity index (χ1n) is 12.2. The van der Waals surface area contributed by atoms with Gasteiger partial charge in [-0.1, -0.05) is 72.8 Å². The van der Waals surface area contributed by atoms with Gasteiger partial charge in [-0.2, -0.15) is 0 Å². The van der Waals surface area contributed by atoms with E-state index in [1.165, 1.54) is 0 Å². The Kier molecular flexibility index (Phi) is 7.51. The summed E-state index contributed by atoms with van der Waals surface area (Å²) in [5.41, 5.74) is 4.14. The van der Waals surface area contributed by atoms with E-state index in [4.69, 9.17) is 23.9 Å². The topological polar surface area (TPSA) is 49.8 Å². The first-order valence-corrected chi connectivity index (χ1v) is 12.2. The summed E-state index contributed by atoms with van der Waals surface area (Å²) in [6.07, 6.45) is 2.43. The quantitative estimate of drug-likeness (QED) is 0.210. The van der Waals surface area contributed by atoms with Gasteiger partial charge in [0.1, 0.15) is 13.2 Å². The van der Waals surface area contributed by atoms with Gasteiger partial charge in [-0.05, 0) is 46.3 Å². The van der Waals surface area contributed by atoms with Crippen molar-refractivity contribution < 1.29 is 18.9 Å². The molecule has 0 aliphatic rings. The van der Waals surface area contributed by atoms with Crippen LogP contribution in [0.1, 0.15) is 22.4 Å². The molecule has 0 unspecified atom stereocenters. The van der Waals surface area contributed by atoms with Crippen LogP contribution in [0, 0.1) is 0 Å². The number of ether oxygens (including phenoxy) is 4. The van der Waals surface area contributed by atoms with Crippen molar-refractivity contribution >= 4 is 10.8 Å². The van der Waals surface area contributed by atoms with Crippen LogP contribution in [0.3, 0.4) is 0 Å². The lowest BCUT2D eigenvalue weighted by molar-refractivity contribution is 0.284. The van der Waals surface area contributed by atoms with Gasteiger partial charge in [0.25, 0.3) is 0 Å². The van der Waals surface area contributed by atoms with E-state index < -0.39 is 0 Å². The molecule has 5 nitrogen and oxygen atoms in total. The Hall–Kier alpha value is -4.51. The number of nitrogens with zero attached hydrogens (tertiary/aromatic N) is 1. The van der Waals surface area contributed by atoms with Gasteiger partial charge in [-0.25, -0.2) is 0 Å². The van der Waals surface area contributed by atoms with Gasteiger partial charge >= 0.3 is 0 Å². The van der Waals surface area contributed by atoms with Crippen molar-refractivity contribution in [2.75, 3.05) is 14.2 Å². The highest BCUT2D eigenvalue weighted by Crippen LogP contribution is 2.39. The zero-order valence-electron chi connectivity index (χ0n) is 21.0.